The van der Waals surface area contributed by atoms with E-state index in [-0.39, 0.29) is 23.5 Å². The molecule has 190 valence electrons. The molecule has 3 aromatic rings. The summed E-state index contributed by atoms with van der Waals surface area (Å²) < 4.78 is 85.3. The maximum absolute atomic E-state index is 13.2. The summed E-state index contributed by atoms with van der Waals surface area (Å²) in [6.45, 7) is 0.227. The van der Waals surface area contributed by atoms with E-state index < -0.39 is 36.2 Å². The van der Waals surface area contributed by atoms with Crippen molar-refractivity contribution in [3.63, 3.8) is 0 Å². The van der Waals surface area contributed by atoms with Gasteiger partial charge in [-0.2, -0.15) is 26.3 Å². The lowest BCUT2D eigenvalue weighted by atomic mass is 9.87. The quantitative estimate of drug-likeness (QED) is 0.350. The fourth-order valence-electron chi connectivity index (χ4n) is 4.40. The largest absolute Gasteiger partial charge is 0.416 e. The van der Waals surface area contributed by atoms with Gasteiger partial charge in [0, 0.05) is 24.6 Å². The molecule has 0 bridgehead atoms. The Morgan fingerprint density at radius 1 is 0.833 bits per heavy atom. The summed E-state index contributed by atoms with van der Waals surface area (Å²) in [5.74, 6) is -0.455. The van der Waals surface area contributed by atoms with Crippen molar-refractivity contribution in [2.75, 3.05) is 13.1 Å². The van der Waals surface area contributed by atoms with Crippen molar-refractivity contribution in [2.24, 2.45) is 0 Å². The highest BCUT2D eigenvalue weighted by atomic mass is 19.4. The number of carbonyl (C=O) groups is 1. The fraction of sp³-hybridized carbons (Fsp3) is 0.296. The summed E-state index contributed by atoms with van der Waals surface area (Å²) >= 11 is 0. The first kappa shape index (κ1) is 25.8. The number of amides is 1. The van der Waals surface area contributed by atoms with Gasteiger partial charge >= 0.3 is 12.4 Å². The van der Waals surface area contributed by atoms with Crippen LogP contribution in [0.4, 0.5) is 26.3 Å². The predicted molar refractivity (Wildman–Crippen MR) is 121 cm³/mol. The van der Waals surface area contributed by atoms with Crippen LogP contribution in [0.5, 0.6) is 0 Å². The van der Waals surface area contributed by atoms with E-state index in [1.54, 1.807) is 29.2 Å². The van der Waals surface area contributed by atoms with Gasteiger partial charge in [-0.25, -0.2) is 0 Å². The van der Waals surface area contributed by atoms with Crippen molar-refractivity contribution in [3.05, 3.63) is 107 Å². The molecule has 0 aromatic heterocycles. The fourth-order valence-corrected chi connectivity index (χ4v) is 4.40. The van der Waals surface area contributed by atoms with E-state index in [1.807, 2.05) is 36.4 Å². The molecule has 1 fully saturated rings. The van der Waals surface area contributed by atoms with Crippen molar-refractivity contribution >= 4 is 5.91 Å². The molecule has 9 heteroatoms. The van der Waals surface area contributed by atoms with Gasteiger partial charge in [-0.3, -0.25) is 4.79 Å². The third-order valence-corrected chi connectivity index (χ3v) is 6.20. The van der Waals surface area contributed by atoms with Gasteiger partial charge in [0.1, 0.15) is 0 Å². The molecule has 1 saturated heterocycles. The number of rotatable bonds is 5. The Kier molecular flexibility index (Phi) is 7.40. The lowest BCUT2D eigenvalue weighted by molar-refractivity contribution is -0.143. The van der Waals surface area contributed by atoms with Crippen LogP contribution in [0.3, 0.4) is 0 Å². The Hall–Kier alpha value is -3.33. The smallest absolute Gasteiger partial charge is 0.373 e. The predicted octanol–water partition coefficient (Wildman–Crippen LogP) is 6.94. The van der Waals surface area contributed by atoms with Gasteiger partial charge in [0.05, 0.1) is 23.8 Å². The number of nitrogens with zero attached hydrogens (tertiary/aromatic N) is 1. The number of hydrogen-bond donors (Lipinski definition) is 0. The number of alkyl halides is 6. The Labute approximate surface area is 204 Å². The van der Waals surface area contributed by atoms with Crippen LogP contribution in [-0.4, -0.2) is 30.0 Å². The summed E-state index contributed by atoms with van der Waals surface area (Å²) in [6.07, 6.45) is -9.98. The van der Waals surface area contributed by atoms with Gasteiger partial charge in [-0.05, 0) is 47.9 Å². The van der Waals surface area contributed by atoms with E-state index in [4.69, 9.17) is 4.74 Å². The van der Waals surface area contributed by atoms with Crippen LogP contribution in [0.2, 0.25) is 0 Å². The van der Waals surface area contributed by atoms with Crippen molar-refractivity contribution < 1.29 is 35.9 Å². The van der Waals surface area contributed by atoms with Crippen LogP contribution >= 0.6 is 0 Å². The molecule has 3 nitrogen and oxygen atoms in total. The third-order valence-electron chi connectivity index (χ3n) is 6.20. The van der Waals surface area contributed by atoms with Gasteiger partial charge in [-0.15, -0.1) is 0 Å². The molecule has 1 heterocycles. The number of benzene rings is 3. The van der Waals surface area contributed by atoms with Gasteiger partial charge in [0.25, 0.3) is 5.91 Å². The molecule has 0 saturated carbocycles. The van der Waals surface area contributed by atoms with E-state index in [9.17, 15) is 31.1 Å². The number of halogens is 6. The van der Waals surface area contributed by atoms with E-state index >= 15 is 0 Å². The maximum atomic E-state index is 13.2. The van der Waals surface area contributed by atoms with Crippen LogP contribution in [0.1, 0.15) is 45.0 Å². The Morgan fingerprint density at radius 2 is 1.39 bits per heavy atom. The summed E-state index contributed by atoms with van der Waals surface area (Å²) in [4.78, 5) is 14.7. The minimum Gasteiger partial charge on any atom is -0.373 e. The molecule has 0 N–H and O–H groups in total. The molecule has 2 atom stereocenters. The van der Waals surface area contributed by atoms with Gasteiger partial charge in [0.2, 0.25) is 0 Å². The molecule has 1 amide bonds. The van der Waals surface area contributed by atoms with Gasteiger partial charge in [-0.1, -0.05) is 48.5 Å². The SMILES string of the molecule is O=C(c1ccccc1)N1CCC(OCc2cc(C(F)(F)F)cc(C(F)(F)F)c2)C(c2ccccc2)C1. The summed E-state index contributed by atoms with van der Waals surface area (Å²) in [5.41, 5.74) is -1.57. The average Bonchev–Trinajstić information content (AvgIpc) is 2.87. The summed E-state index contributed by atoms with van der Waals surface area (Å²) in [5, 5.41) is 0. The highest BCUT2D eigenvalue weighted by Crippen LogP contribution is 2.37. The highest BCUT2D eigenvalue weighted by Gasteiger charge is 2.38. The topological polar surface area (TPSA) is 29.5 Å². The second-order valence-corrected chi connectivity index (χ2v) is 8.69. The van der Waals surface area contributed by atoms with Gasteiger partial charge in [0.15, 0.2) is 0 Å². The molecule has 36 heavy (non-hydrogen) atoms. The molecular weight excluding hydrogens is 484 g/mol. The number of carbonyl (C=O) groups excluding carboxylic acids is 1. The Bertz CT molecular complexity index is 1150. The molecular formula is C27H23F6NO2. The number of likely N-dealkylation sites (tertiary alicyclic amines) is 1. The molecule has 2 unspecified atom stereocenters. The van der Waals surface area contributed by atoms with E-state index in [2.05, 4.69) is 0 Å². The zero-order valence-electron chi connectivity index (χ0n) is 19.0. The molecule has 0 spiro atoms. The monoisotopic (exact) mass is 507 g/mol. The molecule has 3 aromatic carbocycles. The summed E-state index contributed by atoms with van der Waals surface area (Å²) in [7, 11) is 0. The molecule has 0 radical (unpaired) electrons. The van der Waals surface area contributed by atoms with Crippen molar-refractivity contribution in [2.45, 2.75) is 37.4 Å². The standard InChI is InChI=1S/C27H23F6NO2/c28-26(29,30)21-13-18(14-22(15-21)27(31,32)33)17-36-24-11-12-34(25(35)20-9-5-2-6-10-20)16-23(24)19-7-3-1-4-8-19/h1-10,13-15,23-24H,11-12,16-17H2. The first-order valence-electron chi connectivity index (χ1n) is 11.3. The second kappa shape index (κ2) is 10.3. The van der Waals surface area contributed by atoms with E-state index in [1.165, 1.54) is 0 Å². The maximum Gasteiger partial charge on any atom is 0.416 e. The first-order chi connectivity index (χ1) is 17.0. The Balaban J connectivity index is 1.56. The summed E-state index contributed by atoms with van der Waals surface area (Å²) in [6, 6.07) is 19.4. The minimum absolute atomic E-state index is 0.101. The lowest BCUT2D eigenvalue weighted by Crippen LogP contribution is -2.45. The van der Waals surface area contributed by atoms with Crippen LogP contribution in [0.25, 0.3) is 0 Å². The van der Waals surface area contributed by atoms with Crippen LogP contribution in [0, 0.1) is 0 Å². The molecule has 0 aliphatic carbocycles. The second-order valence-electron chi connectivity index (χ2n) is 8.69. The molecule has 1 aliphatic heterocycles. The van der Waals surface area contributed by atoms with Crippen molar-refractivity contribution in [1.29, 1.82) is 0 Å². The lowest BCUT2D eigenvalue weighted by Gasteiger charge is -2.39. The van der Waals surface area contributed by atoms with E-state index in [0.29, 0.717) is 37.2 Å². The van der Waals surface area contributed by atoms with Crippen molar-refractivity contribution in [3.8, 4) is 0 Å². The normalized spacial score (nSPS) is 18.8. The van der Waals surface area contributed by atoms with Crippen molar-refractivity contribution in [1.82, 2.24) is 4.90 Å². The third kappa shape index (κ3) is 6.07. The highest BCUT2D eigenvalue weighted by molar-refractivity contribution is 5.94. The first-order valence-corrected chi connectivity index (χ1v) is 11.3. The van der Waals surface area contributed by atoms with Crippen LogP contribution < -0.4 is 0 Å². The van der Waals surface area contributed by atoms with E-state index in [0.717, 1.165) is 5.56 Å². The molecule has 1 aliphatic rings. The number of piperidine rings is 1. The number of hydrogen-bond acceptors (Lipinski definition) is 2. The Morgan fingerprint density at radius 3 is 1.94 bits per heavy atom. The minimum atomic E-state index is -4.92. The molecule has 4 rings (SSSR count). The van der Waals surface area contributed by atoms with Gasteiger partial charge < -0.3 is 9.64 Å². The van der Waals surface area contributed by atoms with Crippen LogP contribution in [-0.2, 0) is 23.7 Å². The zero-order valence-corrected chi connectivity index (χ0v) is 19.0. The zero-order chi connectivity index (χ0) is 25.9. The van der Waals surface area contributed by atoms with Crippen LogP contribution in [0.15, 0.2) is 78.9 Å². The number of ether oxygens (including phenoxy) is 1. The average molecular weight is 507 g/mol.